The van der Waals surface area contributed by atoms with E-state index >= 15 is 0 Å². The number of aliphatic imine (C=N–C) groups is 1. The molecule has 3 rings (SSSR count). The Bertz CT molecular complexity index is 858. The first-order valence-corrected chi connectivity index (χ1v) is 7.06. The number of esters is 1. The van der Waals surface area contributed by atoms with Gasteiger partial charge in [0.05, 0.1) is 10.6 Å². The molecular weight excluding hydrogens is 324 g/mol. The first kappa shape index (κ1) is 15.4. The Hall–Kier alpha value is -2.53. The fraction of sp³-hybridized carbons (Fsp3) is 0.0588. The zero-order chi connectivity index (χ0) is 16.6. The maximum Gasteiger partial charge on any atom is 0.363 e. The molecule has 0 fully saturated rings. The van der Waals surface area contributed by atoms with E-state index in [2.05, 4.69) is 4.99 Å². The van der Waals surface area contributed by atoms with Gasteiger partial charge in [0.25, 0.3) is 0 Å². The minimum Gasteiger partial charge on any atom is -0.402 e. The van der Waals surface area contributed by atoms with Crippen molar-refractivity contribution >= 4 is 29.5 Å². The lowest BCUT2D eigenvalue weighted by Crippen LogP contribution is -2.07. The Morgan fingerprint density at radius 3 is 2.48 bits per heavy atom. The van der Waals surface area contributed by atoms with Crippen LogP contribution in [0.2, 0.25) is 5.02 Å². The van der Waals surface area contributed by atoms with Crippen LogP contribution in [-0.2, 0) is 9.53 Å². The number of carbonyl (C=O) groups is 1. The Morgan fingerprint density at radius 1 is 1.13 bits per heavy atom. The van der Waals surface area contributed by atoms with Crippen LogP contribution in [0.3, 0.4) is 0 Å². The zero-order valence-corrected chi connectivity index (χ0v) is 12.7. The molecular formula is C17H10ClF2NO2. The van der Waals surface area contributed by atoms with Crippen molar-refractivity contribution in [2.45, 2.75) is 6.92 Å². The summed E-state index contributed by atoms with van der Waals surface area (Å²) in [5, 5.41) is -0.0907. The molecule has 0 atom stereocenters. The molecule has 2 aromatic rings. The summed E-state index contributed by atoms with van der Waals surface area (Å²) in [5.74, 6) is -3.02. The van der Waals surface area contributed by atoms with Crippen LogP contribution in [0.15, 0.2) is 47.1 Å². The van der Waals surface area contributed by atoms with Gasteiger partial charge in [0.2, 0.25) is 5.90 Å². The van der Waals surface area contributed by atoms with Crippen molar-refractivity contribution in [3.05, 3.63) is 75.4 Å². The second-order valence-electron chi connectivity index (χ2n) is 4.99. The molecule has 0 aromatic heterocycles. The summed E-state index contributed by atoms with van der Waals surface area (Å²) >= 11 is 5.86. The monoisotopic (exact) mass is 333 g/mol. The number of benzene rings is 2. The molecule has 0 aliphatic carbocycles. The predicted octanol–water partition coefficient (Wildman–Crippen LogP) is 4.27. The van der Waals surface area contributed by atoms with Crippen molar-refractivity contribution in [3.63, 3.8) is 0 Å². The number of carbonyl (C=O) groups excluding carboxylic acids is 1. The molecule has 3 nitrogen and oxygen atoms in total. The van der Waals surface area contributed by atoms with Gasteiger partial charge in [-0.25, -0.2) is 18.6 Å². The topological polar surface area (TPSA) is 38.7 Å². The molecule has 23 heavy (non-hydrogen) atoms. The third kappa shape index (κ3) is 3.14. The van der Waals surface area contributed by atoms with Gasteiger partial charge >= 0.3 is 5.97 Å². The first-order chi connectivity index (χ1) is 10.9. The predicted molar refractivity (Wildman–Crippen MR) is 83.2 cm³/mol. The highest BCUT2D eigenvalue weighted by Crippen LogP contribution is 2.25. The average Bonchev–Trinajstić information content (AvgIpc) is 2.86. The minimum absolute atomic E-state index is 0.0197. The SMILES string of the molecule is Cc1ccc(/C=C2/N=C(c3cc(F)c(F)cc3Cl)OC2=O)cc1. The lowest BCUT2D eigenvalue weighted by atomic mass is 10.1. The second-order valence-corrected chi connectivity index (χ2v) is 5.40. The third-order valence-corrected chi connectivity index (χ3v) is 3.55. The Kier molecular flexibility index (Phi) is 3.96. The molecule has 1 aliphatic rings. The molecule has 0 amide bonds. The number of rotatable bonds is 2. The number of hydrogen-bond acceptors (Lipinski definition) is 3. The summed E-state index contributed by atoms with van der Waals surface area (Å²) in [6.07, 6.45) is 1.54. The Labute approximate surface area is 135 Å². The summed E-state index contributed by atoms with van der Waals surface area (Å²) in [6, 6.07) is 9.09. The van der Waals surface area contributed by atoms with Gasteiger partial charge in [-0.05, 0) is 30.7 Å². The van der Waals surface area contributed by atoms with Crippen LogP contribution >= 0.6 is 11.6 Å². The lowest BCUT2D eigenvalue weighted by molar-refractivity contribution is -0.129. The van der Waals surface area contributed by atoms with Gasteiger partial charge in [0.1, 0.15) is 0 Å². The Balaban J connectivity index is 1.98. The summed E-state index contributed by atoms with van der Waals surface area (Å²) in [6.45, 7) is 1.95. The lowest BCUT2D eigenvalue weighted by Gasteiger charge is -2.03. The Morgan fingerprint density at radius 2 is 1.78 bits per heavy atom. The molecule has 116 valence electrons. The maximum absolute atomic E-state index is 13.3. The molecule has 6 heteroatoms. The largest absolute Gasteiger partial charge is 0.402 e. The van der Waals surface area contributed by atoms with Gasteiger partial charge in [0, 0.05) is 0 Å². The van der Waals surface area contributed by atoms with Crippen LogP contribution in [0.1, 0.15) is 16.7 Å². The summed E-state index contributed by atoms with van der Waals surface area (Å²) in [4.78, 5) is 15.9. The van der Waals surface area contributed by atoms with E-state index in [1.165, 1.54) is 0 Å². The van der Waals surface area contributed by atoms with Crippen LogP contribution < -0.4 is 0 Å². The van der Waals surface area contributed by atoms with Crippen molar-refractivity contribution < 1.29 is 18.3 Å². The van der Waals surface area contributed by atoms with Gasteiger partial charge in [-0.15, -0.1) is 0 Å². The second kappa shape index (κ2) is 5.93. The standard InChI is InChI=1S/C17H10ClF2NO2/c1-9-2-4-10(5-3-9)6-15-17(22)23-16(21-15)11-7-13(19)14(20)8-12(11)18/h2-8H,1H3/b15-6+. The van der Waals surface area contributed by atoms with E-state index in [0.29, 0.717) is 0 Å². The molecule has 0 N–H and O–H groups in total. The van der Waals surface area contributed by atoms with Crippen LogP contribution in [0.4, 0.5) is 8.78 Å². The number of ether oxygens (including phenoxy) is 1. The number of aryl methyl sites for hydroxylation is 1. The molecule has 0 saturated carbocycles. The van der Waals surface area contributed by atoms with Gasteiger partial charge in [-0.1, -0.05) is 41.4 Å². The molecule has 0 bridgehead atoms. The number of cyclic esters (lactones) is 1. The van der Waals surface area contributed by atoms with Crippen molar-refractivity contribution in [1.82, 2.24) is 0 Å². The number of hydrogen-bond donors (Lipinski definition) is 0. The normalized spacial score (nSPS) is 15.7. The van der Waals surface area contributed by atoms with E-state index < -0.39 is 17.6 Å². The van der Waals surface area contributed by atoms with Crippen molar-refractivity contribution in [2.24, 2.45) is 4.99 Å². The number of nitrogens with zero attached hydrogens (tertiary/aromatic N) is 1. The fourth-order valence-electron chi connectivity index (χ4n) is 2.03. The maximum atomic E-state index is 13.3. The summed E-state index contributed by atoms with van der Waals surface area (Å²) in [5.41, 5.74) is 1.93. The van der Waals surface area contributed by atoms with Gasteiger partial charge in [-0.2, -0.15) is 0 Å². The van der Waals surface area contributed by atoms with Crippen LogP contribution in [0.5, 0.6) is 0 Å². The highest BCUT2D eigenvalue weighted by molar-refractivity contribution is 6.34. The van der Waals surface area contributed by atoms with Gasteiger partial charge < -0.3 is 4.74 Å². The highest BCUT2D eigenvalue weighted by Gasteiger charge is 2.26. The van der Waals surface area contributed by atoms with Crippen molar-refractivity contribution in [3.8, 4) is 0 Å². The third-order valence-electron chi connectivity index (χ3n) is 3.24. The van der Waals surface area contributed by atoms with E-state index in [1.54, 1.807) is 6.08 Å². The van der Waals surface area contributed by atoms with Crippen molar-refractivity contribution in [2.75, 3.05) is 0 Å². The van der Waals surface area contributed by atoms with E-state index in [4.69, 9.17) is 16.3 Å². The number of halogens is 3. The zero-order valence-electron chi connectivity index (χ0n) is 11.9. The molecule has 0 saturated heterocycles. The quantitative estimate of drug-likeness (QED) is 0.467. The molecule has 1 aliphatic heterocycles. The van der Waals surface area contributed by atoms with E-state index in [1.807, 2.05) is 31.2 Å². The molecule has 0 spiro atoms. The first-order valence-electron chi connectivity index (χ1n) is 6.68. The minimum atomic E-state index is -1.10. The van der Waals surface area contributed by atoms with Crippen molar-refractivity contribution in [1.29, 1.82) is 0 Å². The highest BCUT2D eigenvalue weighted by atomic mass is 35.5. The molecule has 0 unspecified atom stereocenters. The van der Waals surface area contributed by atoms with Gasteiger partial charge in [-0.3, -0.25) is 0 Å². The van der Waals surface area contributed by atoms with Gasteiger partial charge in [0.15, 0.2) is 17.3 Å². The summed E-state index contributed by atoms with van der Waals surface area (Å²) < 4.78 is 31.5. The molecule has 0 radical (unpaired) electrons. The smallest absolute Gasteiger partial charge is 0.363 e. The summed E-state index contributed by atoms with van der Waals surface area (Å²) in [7, 11) is 0. The van der Waals surface area contributed by atoms with E-state index in [-0.39, 0.29) is 22.2 Å². The van der Waals surface area contributed by atoms with E-state index in [9.17, 15) is 13.6 Å². The average molecular weight is 334 g/mol. The molecule has 2 aromatic carbocycles. The van der Waals surface area contributed by atoms with Crippen LogP contribution in [-0.4, -0.2) is 11.9 Å². The van der Waals surface area contributed by atoms with E-state index in [0.717, 1.165) is 23.3 Å². The fourth-order valence-corrected chi connectivity index (χ4v) is 2.26. The molecule has 1 heterocycles. The van der Waals surface area contributed by atoms with Crippen LogP contribution in [0.25, 0.3) is 6.08 Å². The van der Waals surface area contributed by atoms with Crippen LogP contribution in [0, 0.1) is 18.6 Å².